The number of carbonyl (C=O) groups is 1. The highest BCUT2D eigenvalue weighted by Gasteiger charge is 2.33. The lowest BCUT2D eigenvalue weighted by molar-refractivity contribution is -0.113. The van der Waals surface area contributed by atoms with Gasteiger partial charge in [-0.2, -0.15) is 0 Å². The van der Waals surface area contributed by atoms with Crippen LogP contribution in [0.2, 0.25) is 0 Å². The number of morpholine rings is 1. The fraction of sp³-hybridized carbons (Fsp3) is 0.407. The summed E-state index contributed by atoms with van der Waals surface area (Å²) in [5, 5.41) is 4.81. The van der Waals surface area contributed by atoms with E-state index in [1.54, 1.807) is 24.8 Å². The van der Waals surface area contributed by atoms with Crippen LogP contribution in [0.1, 0.15) is 25.0 Å². The van der Waals surface area contributed by atoms with E-state index in [1.807, 2.05) is 24.3 Å². The predicted molar refractivity (Wildman–Crippen MR) is 151 cm³/mol. The van der Waals surface area contributed by atoms with E-state index in [-0.39, 0.29) is 17.3 Å². The molecule has 5 heterocycles. The van der Waals surface area contributed by atoms with Gasteiger partial charge in [0.05, 0.1) is 48.5 Å². The van der Waals surface area contributed by atoms with Gasteiger partial charge in [-0.1, -0.05) is 11.8 Å². The summed E-state index contributed by atoms with van der Waals surface area (Å²) < 4.78 is 18.0. The quantitative estimate of drug-likeness (QED) is 0.271. The first-order valence-electron chi connectivity index (χ1n) is 12.5. The third-order valence-electron chi connectivity index (χ3n) is 6.80. The maximum Gasteiger partial charge on any atom is 0.234 e. The molecule has 1 N–H and O–H groups in total. The molecule has 0 unspecified atom stereocenters. The van der Waals surface area contributed by atoms with E-state index in [4.69, 9.17) is 24.2 Å². The Kier molecular flexibility index (Phi) is 6.85. The molecule has 1 aromatic carbocycles. The van der Waals surface area contributed by atoms with Crippen molar-refractivity contribution in [2.75, 3.05) is 49.4 Å². The van der Waals surface area contributed by atoms with Crippen molar-refractivity contribution in [3.63, 3.8) is 0 Å². The number of thioether (sulfide) groups is 1. The van der Waals surface area contributed by atoms with Crippen LogP contribution in [0, 0.1) is 0 Å². The molecule has 0 atom stereocenters. The van der Waals surface area contributed by atoms with E-state index < -0.39 is 0 Å². The van der Waals surface area contributed by atoms with Crippen LogP contribution < -0.4 is 15.0 Å². The van der Waals surface area contributed by atoms with Gasteiger partial charge in [0.1, 0.15) is 27.8 Å². The molecule has 0 bridgehead atoms. The third-order valence-corrected chi connectivity index (χ3v) is 9.00. The topological polar surface area (TPSA) is 98.7 Å². The minimum absolute atomic E-state index is 0.1000. The van der Waals surface area contributed by atoms with Crippen LogP contribution in [0.25, 0.3) is 20.4 Å². The fourth-order valence-electron chi connectivity index (χ4n) is 4.91. The average Bonchev–Trinajstić information content (AvgIpc) is 3.31. The van der Waals surface area contributed by atoms with E-state index >= 15 is 0 Å². The smallest absolute Gasteiger partial charge is 0.234 e. The maximum atomic E-state index is 12.7. The Morgan fingerprint density at radius 1 is 1.18 bits per heavy atom. The molecule has 6 rings (SSSR count). The molecule has 0 radical (unpaired) electrons. The summed E-state index contributed by atoms with van der Waals surface area (Å²) in [5.74, 6) is 1.86. The molecule has 9 nitrogen and oxygen atoms in total. The highest BCUT2D eigenvalue weighted by atomic mass is 32.2. The lowest BCUT2D eigenvalue weighted by atomic mass is 9.90. The van der Waals surface area contributed by atoms with Crippen molar-refractivity contribution < 1.29 is 19.0 Å². The number of ether oxygens (including phenoxy) is 3. The first-order chi connectivity index (χ1) is 18.4. The van der Waals surface area contributed by atoms with E-state index in [9.17, 15) is 4.79 Å². The Morgan fingerprint density at radius 2 is 1.97 bits per heavy atom. The van der Waals surface area contributed by atoms with Gasteiger partial charge in [-0.05, 0) is 43.7 Å². The second-order valence-electron chi connectivity index (χ2n) is 9.92. The van der Waals surface area contributed by atoms with Gasteiger partial charge in [0.25, 0.3) is 0 Å². The zero-order valence-corrected chi connectivity index (χ0v) is 23.2. The molecule has 0 saturated carbocycles. The number of fused-ring (bicyclic) bond motifs is 5. The lowest BCUT2D eigenvalue weighted by Crippen LogP contribution is -2.39. The Morgan fingerprint density at radius 3 is 2.74 bits per heavy atom. The standard InChI is InChI=1S/C27H29N5O4S2/c1-27(2)12-18-19(13-36-27)24(32-8-10-35-11-9-32)31-25-21(18)22-23(38-25)26(29-15-28-22)37-14-20(33)30-16-4-6-17(34-3)7-5-16/h4-7,15H,8-14H2,1-3H3,(H,30,33). The highest BCUT2D eigenvalue weighted by Crippen LogP contribution is 2.44. The van der Waals surface area contributed by atoms with Gasteiger partial charge in [0.15, 0.2) is 0 Å². The van der Waals surface area contributed by atoms with Crippen molar-refractivity contribution in [2.45, 2.75) is 37.5 Å². The molecule has 2 aliphatic heterocycles. The van der Waals surface area contributed by atoms with Crippen LogP contribution in [0.4, 0.5) is 11.5 Å². The van der Waals surface area contributed by atoms with Crippen molar-refractivity contribution in [3.8, 4) is 5.75 Å². The summed E-state index contributed by atoms with van der Waals surface area (Å²) in [6, 6.07) is 7.28. The van der Waals surface area contributed by atoms with Crippen molar-refractivity contribution >= 4 is 60.9 Å². The van der Waals surface area contributed by atoms with Gasteiger partial charge in [-0.25, -0.2) is 15.0 Å². The number of benzene rings is 1. The number of methoxy groups -OCH3 is 1. The zero-order valence-electron chi connectivity index (χ0n) is 21.6. The average molecular weight is 552 g/mol. The number of anilines is 2. The number of nitrogens with zero attached hydrogens (tertiary/aromatic N) is 4. The summed E-state index contributed by atoms with van der Waals surface area (Å²) in [7, 11) is 1.62. The minimum Gasteiger partial charge on any atom is -0.497 e. The molecule has 3 aromatic heterocycles. The number of carbonyl (C=O) groups excluding carboxylic acids is 1. The van der Waals surface area contributed by atoms with Crippen molar-refractivity contribution in [3.05, 3.63) is 41.7 Å². The van der Waals surface area contributed by atoms with E-state index in [0.717, 1.165) is 67.8 Å². The Bertz CT molecular complexity index is 1500. The van der Waals surface area contributed by atoms with Crippen LogP contribution in [-0.2, 0) is 27.3 Å². The molecule has 4 aromatic rings. The van der Waals surface area contributed by atoms with Crippen molar-refractivity contribution in [2.24, 2.45) is 0 Å². The zero-order chi connectivity index (χ0) is 26.3. The monoisotopic (exact) mass is 551 g/mol. The first kappa shape index (κ1) is 25.3. The molecule has 1 fully saturated rings. The third kappa shape index (κ3) is 4.91. The largest absolute Gasteiger partial charge is 0.497 e. The summed E-state index contributed by atoms with van der Waals surface area (Å²) in [6.45, 7) is 7.78. The van der Waals surface area contributed by atoms with Crippen LogP contribution in [0.15, 0.2) is 35.6 Å². The van der Waals surface area contributed by atoms with Gasteiger partial charge in [0.2, 0.25) is 5.91 Å². The molecule has 1 amide bonds. The van der Waals surface area contributed by atoms with Gasteiger partial charge >= 0.3 is 0 Å². The number of hydrogen-bond donors (Lipinski definition) is 1. The van der Waals surface area contributed by atoms with Crippen LogP contribution in [-0.4, -0.2) is 65.6 Å². The van der Waals surface area contributed by atoms with Crippen molar-refractivity contribution in [1.29, 1.82) is 0 Å². The predicted octanol–water partition coefficient (Wildman–Crippen LogP) is 4.67. The van der Waals surface area contributed by atoms with Gasteiger partial charge in [0, 0.05) is 36.1 Å². The molecule has 0 aliphatic carbocycles. The van der Waals surface area contributed by atoms with Gasteiger partial charge in [-0.15, -0.1) is 11.3 Å². The summed E-state index contributed by atoms with van der Waals surface area (Å²) in [6.07, 6.45) is 2.37. The molecule has 1 saturated heterocycles. The molecule has 2 aliphatic rings. The molecule has 11 heteroatoms. The number of nitrogens with one attached hydrogen (secondary N) is 1. The number of thiophene rings is 1. The number of rotatable bonds is 6. The summed E-state index contributed by atoms with van der Waals surface area (Å²) in [4.78, 5) is 30.3. The first-order valence-corrected chi connectivity index (χ1v) is 14.3. The number of aromatic nitrogens is 3. The minimum atomic E-state index is -0.276. The van der Waals surface area contributed by atoms with E-state index in [0.29, 0.717) is 19.8 Å². The Balaban J connectivity index is 1.34. The van der Waals surface area contributed by atoms with Crippen LogP contribution in [0.5, 0.6) is 5.75 Å². The molecular weight excluding hydrogens is 522 g/mol. The van der Waals surface area contributed by atoms with Crippen LogP contribution >= 0.6 is 23.1 Å². The summed E-state index contributed by atoms with van der Waals surface area (Å²) in [5.41, 5.74) is 3.74. The number of amides is 1. The molecular formula is C27H29N5O4S2. The Labute approximate surface area is 228 Å². The Hall–Kier alpha value is -2.99. The normalized spacial score (nSPS) is 17.0. The SMILES string of the molecule is COc1ccc(NC(=O)CSc2ncnc3c2sc2nc(N4CCOCC4)c4c(c23)CC(C)(C)OC4)cc1. The molecule has 198 valence electrons. The van der Waals surface area contributed by atoms with Crippen LogP contribution in [0.3, 0.4) is 0 Å². The fourth-order valence-corrected chi connectivity index (χ4v) is 6.94. The second-order valence-corrected chi connectivity index (χ2v) is 11.9. The van der Waals surface area contributed by atoms with Crippen molar-refractivity contribution in [1.82, 2.24) is 15.0 Å². The molecule has 0 spiro atoms. The lowest BCUT2D eigenvalue weighted by Gasteiger charge is -2.36. The number of hydrogen-bond acceptors (Lipinski definition) is 10. The maximum absolute atomic E-state index is 12.7. The molecule has 38 heavy (non-hydrogen) atoms. The second kappa shape index (κ2) is 10.3. The van der Waals surface area contributed by atoms with Gasteiger partial charge in [-0.3, -0.25) is 4.79 Å². The van der Waals surface area contributed by atoms with E-state index in [2.05, 4.69) is 29.0 Å². The highest BCUT2D eigenvalue weighted by molar-refractivity contribution is 8.00. The van der Waals surface area contributed by atoms with E-state index in [1.165, 1.54) is 17.3 Å². The van der Waals surface area contributed by atoms with Gasteiger partial charge < -0.3 is 24.4 Å². The number of pyridine rings is 1. The summed E-state index contributed by atoms with van der Waals surface area (Å²) >= 11 is 3.01.